The molecule has 0 aliphatic carbocycles. The average Bonchev–Trinajstić information content (AvgIpc) is 2.79. The molecule has 0 aliphatic heterocycles. The van der Waals surface area contributed by atoms with E-state index in [4.69, 9.17) is 9.47 Å². The molecule has 0 aromatic heterocycles. The van der Waals surface area contributed by atoms with Crippen molar-refractivity contribution in [3.63, 3.8) is 0 Å². The first-order valence-corrected chi connectivity index (χ1v) is 11.9. The van der Waals surface area contributed by atoms with Crippen molar-refractivity contribution in [1.29, 1.82) is 0 Å². The minimum atomic E-state index is -1.01. The number of aromatic hydroxyl groups is 1. The van der Waals surface area contributed by atoms with Crippen LogP contribution in [0.2, 0.25) is 0 Å². The van der Waals surface area contributed by atoms with Gasteiger partial charge in [-0.15, -0.1) is 0 Å². The molecule has 0 fully saturated rings. The molecule has 36 heavy (non-hydrogen) atoms. The zero-order valence-electron chi connectivity index (χ0n) is 22.0. The third-order valence-corrected chi connectivity index (χ3v) is 5.31. The van der Waals surface area contributed by atoms with Gasteiger partial charge in [-0.1, -0.05) is 13.0 Å². The summed E-state index contributed by atoms with van der Waals surface area (Å²) in [5.41, 5.74) is 0.909. The number of phenolic OH excluding ortho intramolecular Hbond substituents is 1. The molecule has 2 aromatic carbocycles. The number of methoxy groups -OCH3 is 1. The molecule has 3 amide bonds. The zero-order valence-corrected chi connectivity index (χ0v) is 22.0. The highest BCUT2D eigenvalue weighted by Gasteiger charge is 2.34. The van der Waals surface area contributed by atoms with E-state index in [1.54, 1.807) is 78.1 Å². The van der Waals surface area contributed by atoms with Crippen molar-refractivity contribution in [2.45, 2.75) is 65.6 Å². The lowest BCUT2D eigenvalue weighted by atomic mass is 10.00. The van der Waals surface area contributed by atoms with E-state index in [2.05, 4.69) is 10.6 Å². The Morgan fingerprint density at radius 3 is 2.25 bits per heavy atom. The molecule has 9 nitrogen and oxygen atoms in total. The van der Waals surface area contributed by atoms with Crippen LogP contribution in [0.5, 0.6) is 11.5 Å². The lowest BCUT2D eigenvalue weighted by molar-refractivity contribution is -0.140. The van der Waals surface area contributed by atoms with Gasteiger partial charge in [0.05, 0.1) is 7.11 Å². The van der Waals surface area contributed by atoms with Gasteiger partial charge in [0.25, 0.3) is 5.91 Å². The van der Waals surface area contributed by atoms with Crippen molar-refractivity contribution in [1.82, 2.24) is 10.2 Å². The van der Waals surface area contributed by atoms with E-state index in [0.717, 1.165) is 0 Å². The van der Waals surface area contributed by atoms with Gasteiger partial charge in [0, 0.05) is 12.2 Å². The Hall–Kier alpha value is -3.75. The number of anilines is 1. The summed E-state index contributed by atoms with van der Waals surface area (Å²) in [6.07, 6.45) is -0.145. The van der Waals surface area contributed by atoms with Crippen LogP contribution < -0.4 is 15.4 Å². The molecule has 2 atom stereocenters. The predicted octanol–water partition coefficient (Wildman–Crippen LogP) is 4.54. The quantitative estimate of drug-likeness (QED) is 0.466. The van der Waals surface area contributed by atoms with Gasteiger partial charge < -0.3 is 30.1 Å². The van der Waals surface area contributed by atoms with Crippen LogP contribution in [0.1, 0.15) is 58.2 Å². The van der Waals surface area contributed by atoms with E-state index in [1.807, 2.05) is 6.92 Å². The molecule has 2 unspecified atom stereocenters. The zero-order chi connectivity index (χ0) is 27.0. The molecule has 2 rings (SSSR count). The molecule has 0 heterocycles. The number of amides is 3. The molecule has 0 radical (unpaired) electrons. The van der Waals surface area contributed by atoms with Crippen LogP contribution >= 0.6 is 0 Å². The van der Waals surface area contributed by atoms with Gasteiger partial charge in [-0.2, -0.15) is 0 Å². The van der Waals surface area contributed by atoms with Gasteiger partial charge in [-0.25, -0.2) is 4.79 Å². The van der Waals surface area contributed by atoms with Crippen LogP contribution in [0, 0.1) is 6.92 Å². The maximum Gasteiger partial charge on any atom is 0.408 e. The number of nitrogens with one attached hydrogen (secondary N) is 2. The Labute approximate surface area is 212 Å². The lowest BCUT2D eigenvalue weighted by Gasteiger charge is -2.33. The van der Waals surface area contributed by atoms with Gasteiger partial charge in [0.1, 0.15) is 29.2 Å². The van der Waals surface area contributed by atoms with Crippen molar-refractivity contribution >= 4 is 23.6 Å². The number of hydrogen-bond acceptors (Lipinski definition) is 6. The smallest absolute Gasteiger partial charge is 0.408 e. The summed E-state index contributed by atoms with van der Waals surface area (Å²) in [5, 5.41) is 15.5. The van der Waals surface area contributed by atoms with Crippen LogP contribution in [-0.4, -0.2) is 53.2 Å². The summed E-state index contributed by atoms with van der Waals surface area (Å²) in [7, 11) is 1.55. The van der Waals surface area contributed by atoms with Gasteiger partial charge in [-0.05, 0) is 88.6 Å². The summed E-state index contributed by atoms with van der Waals surface area (Å²) in [6, 6.07) is 9.67. The number of rotatable bonds is 9. The third-order valence-electron chi connectivity index (χ3n) is 5.31. The highest BCUT2D eigenvalue weighted by molar-refractivity contribution is 5.99. The fourth-order valence-electron chi connectivity index (χ4n) is 3.61. The number of alkyl carbamates (subject to hydrolysis) is 1. The number of carbonyl (C=O) groups excluding carboxylic acids is 3. The fraction of sp³-hybridized carbons (Fsp3) is 0.444. The van der Waals surface area contributed by atoms with E-state index in [0.29, 0.717) is 29.0 Å². The van der Waals surface area contributed by atoms with E-state index < -0.39 is 35.6 Å². The Kier molecular flexibility index (Phi) is 9.72. The highest BCUT2D eigenvalue weighted by atomic mass is 16.6. The molecule has 0 bridgehead atoms. The van der Waals surface area contributed by atoms with Crippen LogP contribution in [0.4, 0.5) is 10.5 Å². The first kappa shape index (κ1) is 28.5. The highest BCUT2D eigenvalue weighted by Crippen LogP contribution is 2.28. The summed E-state index contributed by atoms with van der Waals surface area (Å²) in [5.74, 6) is -0.148. The molecule has 0 aliphatic rings. The molecule has 0 saturated heterocycles. The Morgan fingerprint density at radius 1 is 1.08 bits per heavy atom. The molecule has 0 saturated carbocycles. The molecule has 3 N–H and O–H groups in total. The van der Waals surface area contributed by atoms with Gasteiger partial charge >= 0.3 is 6.09 Å². The van der Waals surface area contributed by atoms with E-state index in [1.165, 1.54) is 11.0 Å². The summed E-state index contributed by atoms with van der Waals surface area (Å²) < 4.78 is 10.5. The van der Waals surface area contributed by atoms with Gasteiger partial charge in [0.2, 0.25) is 5.91 Å². The second-order valence-corrected chi connectivity index (χ2v) is 9.57. The van der Waals surface area contributed by atoms with Crippen LogP contribution in [-0.2, 0) is 14.3 Å². The number of aryl methyl sites for hydroxylation is 1. The summed E-state index contributed by atoms with van der Waals surface area (Å²) >= 11 is 0. The van der Waals surface area contributed by atoms with Crippen molar-refractivity contribution in [2.75, 3.05) is 19.0 Å². The fourth-order valence-corrected chi connectivity index (χ4v) is 3.61. The van der Waals surface area contributed by atoms with E-state index >= 15 is 0 Å². The van der Waals surface area contributed by atoms with E-state index in [-0.39, 0.29) is 12.3 Å². The van der Waals surface area contributed by atoms with E-state index in [9.17, 15) is 19.5 Å². The van der Waals surface area contributed by atoms with Crippen molar-refractivity contribution in [2.24, 2.45) is 0 Å². The van der Waals surface area contributed by atoms with Crippen molar-refractivity contribution < 1.29 is 29.0 Å². The predicted molar refractivity (Wildman–Crippen MR) is 138 cm³/mol. The first-order valence-electron chi connectivity index (χ1n) is 11.9. The second kappa shape index (κ2) is 12.3. The average molecular weight is 500 g/mol. The number of ether oxygens (including phenoxy) is 2. The topological polar surface area (TPSA) is 117 Å². The SMILES string of the molecule is CCCN(C(=O)C(C)NC(=O)OC(C)(C)C)C(C(=O)Nc1ccc(OC)cc1)c1ccc(O)c(C)c1. The molecule has 196 valence electrons. The Morgan fingerprint density at radius 2 is 1.72 bits per heavy atom. The van der Waals surface area contributed by atoms with Crippen LogP contribution in [0.15, 0.2) is 42.5 Å². The standard InChI is InChI=1S/C27H37N3O6/c1-8-15-30(25(33)18(3)28-26(34)36-27(4,5)6)23(19-9-14-22(31)17(2)16-19)24(32)29-20-10-12-21(35-7)13-11-20/h9-14,16,18,23,31H,8,15H2,1-7H3,(H,28,34)(H,29,32). The van der Waals surface area contributed by atoms with Gasteiger partial charge in [0.15, 0.2) is 0 Å². The molecular formula is C27H37N3O6. The maximum absolute atomic E-state index is 13.6. The normalized spacial score (nSPS) is 12.8. The number of phenols is 1. The summed E-state index contributed by atoms with van der Waals surface area (Å²) in [6.45, 7) is 10.6. The molecule has 2 aromatic rings. The number of benzene rings is 2. The minimum absolute atomic E-state index is 0.0846. The van der Waals surface area contributed by atoms with Gasteiger partial charge in [-0.3, -0.25) is 9.59 Å². The van der Waals surface area contributed by atoms with Crippen molar-refractivity contribution in [3.8, 4) is 11.5 Å². The van der Waals surface area contributed by atoms with Crippen LogP contribution in [0.25, 0.3) is 0 Å². The maximum atomic E-state index is 13.6. The Bertz CT molecular complexity index is 1060. The van der Waals surface area contributed by atoms with Crippen molar-refractivity contribution in [3.05, 3.63) is 53.6 Å². The number of carbonyl (C=O) groups is 3. The number of nitrogens with zero attached hydrogens (tertiary/aromatic N) is 1. The second-order valence-electron chi connectivity index (χ2n) is 9.57. The minimum Gasteiger partial charge on any atom is -0.508 e. The lowest BCUT2D eigenvalue weighted by Crippen LogP contribution is -2.51. The number of hydrogen-bond donors (Lipinski definition) is 3. The largest absolute Gasteiger partial charge is 0.508 e. The van der Waals surface area contributed by atoms with Crippen LogP contribution in [0.3, 0.4) is 0 Å². The molecule has 0 spiro atoms. The molecule has 9 heteroatoms. The molecular weight excluding hydrogens is 462 g/mol. The first-order chi connectivity index (χ1) is 16.9. The monoisotopic (exact) mass is 499 g/mol. The Balaban J connectivity index is 2.41. The summed E-state index contributed by atoms with van der Waals surface area (Å²) in [4.78, 5) is 40.9. The third kappa shape index (κ3) is 7.90.